The summed E-state index contributed by atoms with van der Waals surface area (Å²) in [5.74, 6) is -0.445. The first kappa shape index (κ1) is 15.9. The minimum atomic E-state index is -0.687. The molecule has 0 bridgehead atoms. The molecular formula is C18H20N2O2. The molecule has 0 heterocycles. The second-order valence-corrected chi connectivity index (χ2v) is 5.26. The van der Waals surface area contributed by atoms with Gasteiger partial charge < -0.3 is 11.1 Å². The van der Waals surface area contributed by atoms with Crippen LogP contribution >= 0.6 is 0 Å². The SMILES string of the molecule is CC(=O)[C@@H](NC(=O)[C@@H](N)Cc1ccccc1)c1ccccc1. The molecule has 2 aromatic rings. The molecule has 0 radical (unpaired) electrons. The molecule has 0 aliphatic heterocycles. The van der Waals surface area contributed by atoms with Crippen LogP contribution in [0.4, 0.5) is 0 Å². The summed E-state index contributed by atoms with van der Waals surface area (Å²) in [6, 6.07) is 17.4. The first-order valence-corrected chi connectivity index (χ1v) is 7.23. The van der Waals surface area contributed by atoms with Gasteiger partial charge in [-0.15, -0.1) is 0 Å². The predicted molar refractivity (Wildman–Crippen MR) is 86.1 cm³/mol. The van der Waals surface area contributed by atoms with E-state index in [1.807, 2.05) is 60.7 Å². The quantitative estimate of drug-likeness (QED) is 0.856. The van der Waals surface area contributed by atoms with E-state index in [1.54, 1.807) is 0 Å². The summed E-state index contributed by atoms with van der Waals surface area (Å²) in [5.41, 5.74) is 7.70. The molecule has 0 saturated carbocycles. The zero-order valence-corrected chi connectivity index (χ0v) is 12.5. The van der Waals surface area contributed by atoms with Crippen molar-refractivity contribution in [2.45, 2.75) is 25.4 Å². The first-order valence-electron chi connectivity index (χ1n) is 7.23. The molecule has 0 spiro atoms. The van der Waals surface area contributed by atoms with Crippen molar-refractivity contribution < 1.29 is 9.59 Å². The summed E-state index contributed by atoms with van der Waals surface area (Å²) >= 11 is 0. The van der Waals surface area contributed by atoms with E-state index >= 15 is 0 Å². The van der Waals surface area contributed by atoms with Crippen LogP contribution in [-0.2, 0) is 16.0 Å². The fourth-order valence-electron chi connectivity index (χ4n) is 2.28. The van der Waals surface area contributed by atoms with Crippen molar-refractivity contribution in [1.29, 1.82) is 0 Å². The molecule has 4 heteroatoms. The Morgan fingerprint density at radius 1 is 1.00 bits per heavy atom. The highest BCUT2D eigenvalue weighted by molar-refractivity contribution is 5.90. The Labute approximate surface area is 130 Å². The lowest BCUT2D eigenvalue weighted by Gasteiger charge is -2.19. The highest BCUT2D eigenvalue weighted by Crippen LogP contribution is 2.14. The molecule has 114 valence electrons. The van der Waals surface area contributed by atoms with Gasteiger partial charge in [-0.25, -0.2) is 0 Å². The van der Waals surface area contributed by atoms with Crippen LogP contribution in [0.25, 0.3) is 0 Å². The van der Waals surface area contributed by atoms with Gasteiger partial charge in [-0.05, 0) is 24.5 Å². The molecule has 0 aliphatic carbocycles. The summed E-state index contributed by atoms with van der Waals surface area (Å²) in [6.45, 7) is 1.46. The number of hydrogen-bond acceptors (Lipinski definition) is 3. The Balaban J connectivity index is 2.04. The highest BCUT2D eigenvalue weighted by atomic mass is 16.2. The van der Waals surface area contributed by atoms with Gasteiger partial charge in [0.1, 0.15) is 6.04 Å². The normalized spacial score (nSPS) is 13.2. The Morgan fingerprint density at radius 2 is 1.55 bits per heavy atom. The van der Waals surface area contributed by atoms with E-state index in [0.29, 0.717) is 6.42 Å². The van der Waals surface area contributed by atoms with Crippen molar-refractivity contribution in [3.63, 3.8) is 0 Å². The monoisotopic (exact) mass is 296 g/mol. The van der Waals surface area contributed by atoms with Crippen LogP contribution in [-0.4, -0.2) is 17.7 Å². The second kappa shape index (κ2) is 7.52. The van der Waals surface area contributed by atoms with Gasteiger partial charge in [-0.3, -0.25) is 9.59 Å². The van der Waals surface area contributed by atoms with Gasteiger partial charge in [0.15, 0.2) is 5.78 Å². The minimum absolute atomic E-state index is 0.119. The largest absolute Gasteiger partial charge is 0.341 e. The Hall–Kier alpha value is -2.46. The van der Waals surface area contributed by atoms with Crippen molar-refractivity contribution in [3.05, 3.63) is 71.8 Å². The maximum atomic E-state index is 12.2. The van der Waals surface area contributed by atoms with Crippen LogP contribution < -0.4 is 11.1 Å². The number of carbonyl (C=O) groups excluding carboxylic acids is 2. The van der Waals surface area contributed by atoms with E-state index in [4.69, 9.17) is 5.73 Å². The maximum absolute atomic E-state index is 12.2. The molecule has 2 rings (SSSR count). The third kappa shape index (κ3) is 4.27. The zero-order valence-electron chi connectivity index (χ0n) is 12.5. The van der Waals surface area contributed by atoms with Crippen LogP contribution in [0.5, 0.6) is 0 Å². The predicted octanol–water partition coefficient (Wildman–Crippen LogP) is 2.00. The summed E-state index contributed by atoms with van der Waals surface area (Å²) in [4.78, 5) is 24.1. The number of amides is 1. The summed E-state index contributed by atoms with van der Waals surface area (Å²) in [5, 5.41) is 2.74. The molecule has 0 saturated heterocycles. The summed E-state index contributed by atoms with van der Waals surface area (Å²) in [7, 11) is 0. The van der Waals surface area contributed by atoms with Gasteiger partial charge in [-0.2, -0.15) is 0 Å². The topological polar surface area (TPSA) is 72.2 Å². The molecule has 0 aromatic heterocycles. The lowest BCUT2D eigenvalue weighted by molar-refractivity contribution is -0.127. The Morgan fingerprint density at radius 3 is 2.09 bits per heavy atom. The number of nitrogens with one attached hydrogen (secondary N) is 1. The maximum Gasteiger partial charge on any atom is 0.238 e. The van der Waals surface area contributed by atoms with E-state index in [1.165, 1.54) is 6.92 Å². The third-order valence-corrected chi connectivity index (χ3v) is 3.46. The van der Waals surface area contributed by atoms with Crippen molar-refractivity contribution >= 4 is 11.7 Å². The number of Topliss-reactive ketones (excluding diaryl/α,β-unsaturated/α-hetero) is 1. The van der Waals surface area contributed by atoms with Crippen molar-refractivity contribution in [1.82, 2.24) is 5.32 Å². The van der Waals surface area contributed by atoms with Crippen LogP contribution in [0.2, 0.25) is 0 Å². The Kier molecular flexibility index (Phi) is 5.44. The molecule has 4 nitrogen and oxygen atoms in total. The highest BCUT2D eigenvalue weighted by Gasteiger charge is 2.22. The molecule has 2 aromatic carbocycles. The summed E-state index contributed by atoms with van der Waals surface area (Å²) < 4.78 is 0. The molecular weight excluding hydrogens is 276 g/mol. The first-order chi connectivity index (χ1) is 10.6. The fourth-order valence-corrected chi connectivity index (χ4v) is 2.28. The van der Waals surface area contributed by atoms with Gasteiger partial charge in [-0.1, -0.05) is 60.7 Å². The van der Waals surface area contributed by atoms with Crippen LogP contribution in [0.3, 0.4) is 0 Å². The number of nitrogens with two attached hydrogens (primary N) is 1. The van der Waals surface area contributed by atoms with Gasteiger partial charge in [0.05, 0.1) is 6.04 Å². The number of benzene rings is 2. The van der Waals surface area contributed by atoms with Gasteiger partial charge in [0.25, 0.3) is 0 Å². The molecule has 3 N–H and O–H groups in total. The Bertz CT molecular complexity index is 626. The van der Waals surface area contributed by atoms with E-state index in [9.17, 15) is 9.59 Å². The average Bonchev–Trinajstić information content (AvgIpc) is 2.53. The smallest absolute Gasteiger partial charge is 0.238 e. The lowest BCUT2D eigenvalue weighted by Crippen LogP contribution is -2.45. The van der Waals surface area contributed by atoms with Crippen LogP contribution in [0.15, 0.2) is 60.7 Å². The van der Waals surface area contributed by atoms with Crippen molar-refractivity contribution in [3.8, 4) is 0 Å². The molecule has 0 aliphatic rings. The standard InChI is InChI=1S/C18H20N2O2/c1-13(21)17(15-10-6-3-7-11-15)20-18(22)16(19)12-14-8-4-2-5-9-14/h2-11,16-17H,12,19H2,1H3,(H,20,22)/t16-,17+/m0/s1. The van der Waals surface area contributed by atoms with Gasteiger partial charge >= 0.3 is 0 Å². The third-order valence-electron chi connectivity index (χ3n) is 3.46. The number of rotatable bonds is 6. The van der Waals surface area contributed by atoms with Crippen molar-refractivity contribution in [2.24, 2.45) is 5.73 Å². The lowest BCUT2D eigenvalue weighted by atomic mass is 10.0. The van der Waals surface area contributed by atoms with Crippen molar-refractivity contribution in [2.75, 3.05) is 0 Å². The second-order valence-electron chi connectivity index (χ2n) is 5.26. The van der Waals surface area contributed by atoms with Gasteiger partial charge in [0.2, 0.25) is 5.91 Å². The average molecular weight is 296 g/mol. The van der Waals surface area contributed by atoms with Crippen LogP contribution in [0, 0.1) is 0 Å². The molecule has 0 fully saturated rings. The molecule has 2 atom stereocenters. The molecule has 1 amide bonds. The fraction of sp³-hybridized carbons (Fsp3) is 0.222. The zero-order chi connectivity index (χ0) is 15.9. The number of ketones is 1. The molecule has 0 unspecified atom stereocenters. The van der Waals surface area contributed by atoms with E-state index in [0.717, 1.165) is 11.1 Å². The number of hydrogen-bond donors (Lipinski definition) is 2. The number of carbonyl (C=O) groups is 2. The van der Waals surface area contributed by atoms with Crippen LogP contribution in [0.1, 0.15) is 24.1 Å². The minimum Gasteiger partial charge on any atom is -0.341 e. The van der Waals surface area contributed by atoms with E-state index < -0.39 is 12.1 Å². The summed E-state index contributed by atoms with van der Waals surface area (Å²) in [6.07, 6.45) is 0.437. The van der Waals surface area contributed by atoms with E-state index in [2.05, 4.69) is 5.32 Å². The van der Waals surface area contributed by atoms with E-state index in [-0.39, 0.29) is 11.7 Å². The molecule has 22 heavy (non-hydrogen) atoms. The van der Waals surface area contributed by atoms with Gasteiger partial charge in [0, 0.05) is 0 Å².